The van der Waals surface area contributed by atoms with E-state index in [9.17, 15) is 27.2 Å². The Labute approximate surface area is 149 Å². The zero-order valence-electron chi connectivity index (χ0n) is 12.8. The maximum absolute atomic E-state index is 13.5. The van der Waals surface area contributed by atoms with Gasteiger partial charge in [-0.3, -0.25) is 9.59 Å². The lowest BCUT2D eigenvalue weighted by molar-refractivity contribution is -0.137. The summed E-state index contributed by atoms with van der Waals surface area (Å²) < 4.78 is 51.3. The van der Waals surface area contributed by atoms with Gasteiger partial charge < -0.3 is 5.32 Å². The fraction of sp³-hybridized carbons (Fsp3) is 0.0625. The van der Waals surface area contributed by atoms with Crippen molar-refractivity contribution >= 4 is 35.3 Å². The van der Waals surface area contributed by atoms with Gasteiger partial charge in [-0.15, -0.1) is 0 Å². The van der Waals surface area contributed by atoms with Crippen LogP contribution < -0.4 is 10.7 Å². The Kier molecular flexibility index (Phi) is 5.93. The monoisotopic (exact) mass is 387 g/mol. The molecule has 0 aliphatic heterocycles. The predicted octanol–water partition coefficient (Wildman–Crippen LogP) is 3.59. The van der Waals surface area contributed by atoms with Gasteiger partial charge in [0.05, 0.1) is 16.8 Å². The lowest BCUT2D eigenvalue weighted by Gasteiger charge is -2.09. The quantitative estimate of drug-likeness (QED) is 0.366. The largest absolute Gasteiger partial charge is 0.416 e. The summed E-state index contributed by atoms with van der Waals surface area (Å²) in [4.78, 5) is 23.3. The summed E-state index contributed by atoms with van der Waals surface area (Å²) in [5.74, 6) is -3.20. The van der Waals surface area contributed by atoms with E-state index in [4.69, 9.17) is 11.6 Å². The van der Waals surface area contributed by atoms with E-state index in [2.05, 4.69) is 5.10 Å². The van der Waals surface area contributed by atoms with Crippen LogP contribution in [0.2, 0.25) is 5.02 Å². The molecule has 0 saturated carbocycles. The fourth-order valence-corrected chi connectivity index (χ4v) is 2.01. The van der Waals surface area contributed by atoms with Crippen LogP contribution in [0.15, 0.2) is 47.6 Å². The average molecular weight is 388 g/mol. The minimum absolute atomic E-state index is 0.0383. The van der Waals surface area contributed by atoms with Crippen LogP contribution in [-0.4, -0.2) is 18.0 Å². The summed E-state index contributed by atoms with van der Waals surface area (Å²) in [7, 11) is 0. The Morgan fingerprint density at radius 1 is 1.08 bits per heavy atom. The first-order chi connectivity index (χ1) is 12.2. The lowest BCUT2D eigenvalue weighted by atomic mass is 10.2. The van der Waals surface area contributed by atoms with E-state index in [1.54, 1.807) is 0 Å². The molecule has 2 aromatic rings. The van der Waals surface area contributed by atoms with Crippen LogP contribution in [0.1, 0.15) is 11.1 Å². The van der Waals surface area contributed by atoms with Gasteiger partial charge in [0.25, 0.3) is 0 Å². The molecule has 0 heterocycles. The molecular weight excluding hydrogens is 378 g/mol. The highest BCUT2D eigenvalue weighted by Gasteiger charge is 2.30. The van der Waals surface area contributed by atoms with Crippen LogP contribution in [0.4, 0.5) is 23.2 Å². The van der Waals surface area contributed by atoms with Crippen molar-refractivity contribution in [1.29, 1.82) is 0 Å². The normalized spacial score (nSPS) is 11.4. The number of hydrazone groups is 1. The Hall–Kier alpha value is -2.94. The summed E-state index contributed by atoms with van der Waals surface area (Å²) >= 11 is 5.75. The van der Waals surface area contributed by atoms with Gasteiger partial charge in [0.15, 0.2) is 0 Å². The first-order valence-electron chi connectivity index (χ1n) is 6.94. The number of carbonyl (C=O) groups excluding carboxylic acids is 2. The molecule has 2 amide bonds. The molecular formula is C16H10ClF4N3O2. The van der Waals surface area contributed by atoms with Crippen molar-refractivity contribution in [3.63, 3.8) is 0 Å². The standard InChI is InChI=1S/C16H10ClF4N3O2/c17-12-5-2-6-13(18)11(12)8-22-24-15(26)14(25)23-10-4-1-3-9(7-10)16(19,20)21/h1-8H,(H,23,25)(H,24,26)/b22-8-. The highest BCUT2D eigenvalue weighted by atomic mass is 35.5. The maximum atomic E-state index is 13.5. The second-order valence-electron chi connectivity index (χ2n) is 4.87. The Bertz CT molecular complexity index is 849. The number of alkyl halides is 3. The third kappa shape index (κ3) is 5.03. The van der Waals surface area contributed by atoms with Crippen LogP contribution in [0.5, 0.6) is 0 Å². The molecule has 2 aromatic carbocycles. The molecule has 10 heteroatoms. The first kappa shape index (κ1) is 19.4. The van der Waals surface area contributed by atoms with E-state index >= 15 is 0 Å². The summed E-state index contributed by atoms with van der Waals surface area (Å²) in [6.45, 7) is 0. The number of nitrogens with one attached hydrogen (secondary N) is 2. The van der Waals surface area contributed by atoms with Gasteiger partial charge in [-0.1, -0.05) is 23.7 Å². The van der Waals surface area contributed by atoms with E-state index < -0.39 is 29.4 Å². The molecule has 136 valence electrons. The Morgan fingerprint density at radius 3 is 2.42 bits per heavy atom. The molecule has 0 aromatic heterocycles. The molecule has 2 rings (SSSR count). The second-order valence-corrected chi connectivity index (χ2v) is 5.27. The zero-order valence-corrected chi connectivity index (χ0v) is 13.5. The van der Waals surface area contributed by atoms with Crippen LogP contribution in [0.25, 0.3) is 0 Å². The van der Waals surface area contributed by atoms with Gasteiger partial charge in [0, 0.05) is 11.3 Å². The van der Waals surface area contributed by atoms with Crippen molar-refractivity contribution in [2.45, 2.75) is 6.18 Å². The predicted molar refractivity (Wildman–Crippen MR) is 87.2 cm³/mol. The lowest BCUT2D eigenvalue weighted by Crippen LogP contribution is -2.32. The third-order valence-corrected chi connectivity index (χ3v) is 3.34. The number of halogens is 5. The topological polar surface area (TPSA) is 70.6 Å². The van der Waals surface area contributed by atoms with E-state index in [1.165, 1.54) is 18.2 Å². The van der Waals surface area contributed by atoms with Crippen molar-refractivity contribution in [2.24, 2.45) is 5.10 Å². The van der Waals surface area contributed by atoms with E-state index in [1.807, 2.05) is 10.7 Å². The van der Waals surface area contributed by atoms with Crippen LogP contribution in [0, 0.1) is 5.82 Å². The summed E-state index contributed by atoms with van der Waals surface area (Å²) in [5.41, 5.74) is 0.513. The number of carbonyl (C=O) groups is 2. The van der Waals surface area contributed by atoms with Gasteiger partial charge in [-0.2, -0.15) is 18.3 Å². The summed E-state index contributed by atoms with van der Waals surface area (Å²) in [6.07, 6.45) is -3.70. The minimum Gasteiger partial charge on any atom is -0.318 e. The Balaban J connectivity index is 2.00. The molecule has 0 bridgehead atoms. The van der Waals surface area contributed by atoms with Crippen molar-refractivity contribution in [2.75, 3.05) is 5.32 Å². The molecule has 26 heavy (non-hydrogen) atoms. The van der Waals surface area contributed by atoms with Gasteiger partial charge in [0.2, 0.25) is 0 Å². The van der Waals surface area contributed by atoms with Crippen molar-refractivity contribution in [1.82, 2.24) is 5.43 Å². The van der Waals surface area contributed by atoms with Gasteiger partial charge in [-0.05, 0) is 30.3 Å². The molecule has 5 nitrogen and oxygen atoms in total. The molecule has 0 aliphatic carbocycles. The average Bonchev–Trinajstić information content (AvgIpc) is 2.56. The van der Waals surface area contributed by atoms with E-state index in [-0.39, 0.29) is 16.3 Å². The maximum Gasteiger partial charge on any atom is 0.416 e. The van der Waals surface area contributed by atoms with Crippen molar-refractivity contribution < 1.29 is 27.2 Å². The number of hydrogen-bond acceptors (Lipinski definition) is 3. The zero-order chi connectivity index (χ0) is 19.3. The highest BCUT2D eigenvalue weighted by molar-refractivity contribution is 6.39. The van der Waals surface area contributed by atoms with Gasteiger partial charge >= 0.3 is 18.0 Å². The van der Waals surface area contributed by atoms with Crippen LogP contribution >= 0.6 is 11.6 Å². The van der Waals surface area contributed by atoms with Crippen LogP contribution in [-0.2, 0) is 15.8 Å². The number of anilines is 1. The minimum atomic E-state index is -4.59. The van der Waals surface area contributed by atoms with Crippen LogP contribution in [0.3, 0.4) is 0 Å². The number of nitrogens with zero attached hydrogens (tertiary/aromatic N) is 1. The van der Waals surface area contributed by atoms with E-state index in [0.717, 1.165) is 24.4 Å². The first-order valence-corrected chi connectivity index (χ1v) is 7.32. The molecule has 0 spiro atoms. The number of rotatable bonds is 3. The SMILES string of the molecule is O=C(N/N=C\c1c(F)cccc1Cl)C(=O)Nc1cccc(C(F)(F)F)c1. The smallest absolute Gasteiger partial charge is 0.318 e. The van der Waals surface area contributed by atoms with Crippen molar-refractivity contribution in [3.05, 3.63) is 64.4 Å². The third-order valence-electron chi connectivity index (χ3n) is 3.01. The Morgan fingerprint density at radius 2 is 1.77 bits per heavy atom. The molecule has 0 fully saturated rings. The van der Waals surface area contributed by atoms with Crippen molar-refractivity contribution in [3.8, 4) is 0 Å². The van der Waals surface area contributed by atoms with Gasteiger partial charge in [-0.25, -0.2) is 9.82 Å². The molecule has 0 unspecified atom stereocenters. The molecule has 0 aliphatic rings. The second kappa shape index (κ2) is 7.96. The molecule has 0 saturated heterocycles. The van der Waals surface area contributed by atoms with E-state index in [0.29, 0.717) is 6.07 Å². The highest BCUT2D eigenvalue weighted by Crippen LogP contribution is 2.30. The molecule has 0 radical (unpaired) electrons. The fourth-order valence-electron chi connectivity index (χ4n) is 1.80. The van der Waals surface area contributed by atoms with Gasteiger partial charge in [0.1, 0.15) is 5.82 Å². The summed E-state index contributed by atoms with van der Waals surface area (Å²) in [6, 6.07) is 7.64. The molecule has 0 atom stereocenters. The number of hydrogen-bond donors (Lipinski definition) is 2. The summed E-state index contributed by atoms with van der Waals surface area (Å²) in [5, 5.41) is 5.43. The number of amides is 2. The number of benzene rings is 2. The molecule has 2 N–H and O–H groups in total.